The van der Waals surface area contributed by atoms with Gasteiger partial charge in [0.05, 0.1) is 0 Å². The second kappa shape index (κ2) is 3.02. The minimum atomic E-state index is -0.00521. The van der Waals surface area contributed by atoms with Gasteiger partial charge in [-0.3, -0.25) is 5.32 Å². The van der Waals surface area contributed by atoms with Crippen molar-refractivity contribution in [2.75, 3.05) is 13.2 Å². The molecule has 0 aliphatic heterocycles. The molecule has 0 fully saturated rings. The van der Waals surface area contributed by atoms with Gasteiger partial charge in [-0.05, 0) is 13.8 Å². The molecule has 0 saturated heterocycles. The molecule has 8 heavy (non-hydrogen) atoms. The summed E-state index contributed by atoms with van der Waals surface area (Å²) in [6, 6.07) is 0. The van der Waals surface area contributed by atoms with Crippen LogP contribution in [0, 0.1) is 0 Å². The van der Waals surface area contributed by atoms with Gasteiger partial charge < -0.3 is 11.5 Å². The lowest BCUT2D eigenvalue weighted by atomic mass is 10.1. The van der Waals surface area contributed by atoms with Crippen LogP contribution >= 0.6 is 0 Å². The summed E-state index contributed by atoms with van der Waals surface area (Å²) in [5.41, 5.74) is 10.6. The molecule has 50 valence electrons. The van der Waals surface area contributed by atoms with Crippen LogP contribution in [0.15, 0.2) is 0 Å². The second-order valence-electron chi connectivity index (χ2n) is 2.47. The van der Waals surface area contributed by atoms with Gasteiger partial charge in [0.25, 0.3) is 0 Å². The molecule has 0 aliphatic carbocycles. The van der Waals surface area contributed by atoms with Gasteiger partial charge >= 0.3 is 0 Å². The summed E-state index contributed by atoms with van der Waals surface area (Å²) in [6.45, 7) is 5.13. The summed E-state index contributed by atoms with van der Waals surface area (Å²) in [5.74, 6) is 0. The highest BCUT2D eigenvalue weighted by Crippen LogP contribution is 1.94. The Morgan fingerprint density at radius 2 is 1.88 bits per heavy atom. The molecule has 0 saturated carbocycles. The molecule has 0 unspecified atom stereocenters. The van der Waals surface area contributed by atoms with Gasteiger partial charge in [0, 0.05) is 18.8 Å². The van der Waals surface area contributed by atoms with Crippen LogP contribution in [0.2, 0.25) is 0 Å². The van der Waals surface area contributed by atoms with Gasteiger partial charge in [0.15, 0.2) is 0 Å². The van der Waals surface area contributed by atoms with Crippen molar-refractivity contribution in [1.29, 1.82) is 0 Å². The highest BCUT2D eigenvalue weighted by molar-refractivity contribution is 4.76. The van der Waals surface area contributed by atoms with Crippen LogP contribution in [0.25, 0.3) is 0 Å². The van der Waals surface area contributed by atoms with Crippen molar-refractivity contribution in [3.8, 4) is 0 Å². The smallest absolute Gasteiger partial charge is 0.0433 e. The summed E-state index contributed by atoms with van der Waals surface area (Å²) < 4.78 is 0. The standard InChI is InChI=1S/C5H15N3/c1-5(2,3-6)8-4-7/h8H,3-4,6-7H2,1-2H3. The second-order valence-corrected chi connectivity index (χ2v) is 2.47. The van der Waals surface area contributed by atoms with E-state index in [0.29, 0.717) is 13.2 Å². The first-order valence-electron chi connectivity index (χ1n) is 2.77. The zero-order valence-electron chi connectivity index (χ0n) is 5.57. The Morgan fingerprint density at radius 1 is 1.38 bits per heavy atom. The zero-order valence-corrected chi connectivity index (χ0v) is 5.57. The first-order valence-corrected chi connectivity index (χ1v) is 2.77. The van der Waals surface area contributed by atoms with Gasteiger partial charge in [-0.1, -0.05) is 0 Å². The molecular weight excluding hydrogens is 102 g/mol. The maximum Gasteiger partial charge on any atom is 0.0433 e. The number of nitrogens with one attached hydrogen (secondary N) is 1. The SMILES string of the molecule is CC(C)(CN)NCN. The fraction of sp³-hybridized carbons (Fsp3) is 1.00. The van der Waals surface area contributed by atoms with E-state index >= 15 is 0 Å². The Bertz CT molecular complexity index is 60.7. The Morgan fingerprint density at radius 3 is 2.00 bits per heavy atom. The van der Waals surface area contributed by atoms with E-state index in [9.17, 15) is 0 Å². The third-order valence-electron chi connectivity index (χ3n) is 1.09. The molecule has 3 heteroatoms. The van der Waals surface area contributed by atoms with Gasteiger partial charge in [-0.15, -0.1) is 0 Å². The molecule has 0 aromatic carbocycles. The van der Waals surface area contributed by atoms with Gasteiger partial charge in [-0.2, -0.15) is 0 Å². The molecule has 0 aromatic heterocycles. The lowest BCUT2D eigenvalue weighted by molar-refractivity contribution is 0.405. The highest BCUT2D eigenvalue weighted by atomic mass is 15.0. The average Bonchev–Trinajstić information content (AvgIpc) is 1.67. The third kappa shape index (κ3) is 2.96. The average molecular weight is 117 g/mol. The number of hydrogen-bond acceptors (Lipinski definition) is 3. The van der Waals surface area contributed by atoms with Crippen LogP contribution in [-0.4, -0.2) is 18.8 Å². The summed E-state index contributed by atoms with van der Waals surface area (Å²) in [4.78, 5) is 0. The van der Waals surface area contributed by atoms with E-state index in [2.05, 4.69) is 5.32 Å². The van der Waals surface area contributed by atoms with Crippen LogP contribution in [0.1, 0.15) is 13.8 Å². The van der Waals surface area contributed by atoms with Crippen molar-refractivity contribution in [3.05, 3.63) is 0 Å². The molecule has 0 atom stereocenters. The lowest BCUT2D eigenvalue weighted by Crippen LogP contribution is -2.48. The maximum absolute atomic E-state index is 5.37. The predicted molar refractivity (Wildman–Crippen MR) is 35.3 cm³/mol. The third-order valence-corrected chi connectivity index (χ3v) is 1.09. The van der Waals surface area contributed by atoms with Crippen molar-refractivity contribution in [2.24, 2.45) is 11.5 Å². The molecule has 0 rings (SSSR count). The van der Waals surface area contributed by atoms with Crippen molar-refractivity contribution in [3.63, 3.8) is 0 Å². The van der Waals surface area contributed by atoms with E-state index < -0.39 is 0 Å². The van der Waals surface area contributed by atoms with E-state index in [0.717, 1.165) is 0 Å². The van der Waals surface area contributed by atoms with Crippen molar-refractivity contribution < 1.29 is 0 Å². The minimum Gasteiger partial charge on any atom is -0.329 e. The quantitative estimate of drug-likeness (QED) is 0.425. The molecule has 0 spiro atoms. The molecule has 3 nitrogen and oxygen atoms in total. The summed E-state index contributed by atoms with van der Waals surface area (Å²) in [6.07, 6.45) is 0. The van der Waals surface area contributed by atoms with Gasteiger partial charge in [0.2, 0.25) is 0 Å². The fourth-order valence-corrected chi connectivity index (χ4v) is 0.348. The Labute approximate surface area is 50.4 Å². The molecule has 0 amide bonds. The van der Waals surface area contributed by atoms with Crippen molar-refractivity contribution in [1.82, 2.24) is 5.32 Å². The van der Waals surface area contributed by atoms with Crippen LogP contribution in [0.4, 0.5) is 0 Å². The lowest BCUT2D eigenvalue weighted by Gasteiger charge is -2.22. The van der Waals surface area contributed by atoms with Crippen molar-refractivity contribution in [2.45, 2.75) is 19.4 Å². The maximum atomic E-state index is 5.37. The van der Waals surface area contributed by atoms with E-state index in [-0.39, 0.29) is 5.54 Å². The zero-order chi connectivity index (χ0) is 6.62. The number of nitrogens with two attached hydrogens (primary N) is 2. The van der Waals surface area contributed by atoms with E-state index in [1.807, 2.05) is 13.8 Å². The molecule has 0 aromatic rings. The van der Waals surface area contributed by atoms with Gasteiger partial charge in [0.1, 0.15) is 0 Å². The number of hydrogen-bond donors (Lipinski definition) is 3. The molecule has 0 bridgehead atoms. The van der Waals surface area contributed by atoms with E-state index in [4.69, 9.17) is 11.5 Å². The first-order chi connectivity index (χ1) is 3.62. The Balaban J connectivity index is 3.37. The molecule has 5 N–H and O–H groups in total. The molecule has 0 aliphatic rings. The summed E-state index contributed by atoms with van der Waals surface area (Å²) >= 11 is 0. The topological polar surface area (TPSA) is 64.1 Å². The van der Waals surface area contributed by atoms with Crippen LogP contribution < -0.4 is 16.8 Å². The fourth-order valence-electron chi connectivity index (χ4n) is 0.348. The Kier molecular flexibility index (Phi) is 2.97. The molecular formula is C5H15N3. The van der Waals surface area contributed by atoms with E-state index in [1.54, 1.807) is 0 Å². The minimum absolute atomic E-state index is 0.00521. The normalized spacial score (nSPS) is 12.0. The Hall–Kier alpha value is -0.120. The van der Waals surface area contributed by atoms with Gasteiger partial charge in [-0.25, -0.2) is 0 Å². The predicted octanol–water partition coefficient (Wildman–Crippen LogP) is -0.770. The monoisotopic (exact) mass is 117 g/mol. The number of rotatable bonds is 3. The van der Waals surface area contributed by atoms with Crippen LogP contribution in [-0.2, 0) is 0 Å². The molecule has 0 radical (unpaired) electrons. The van der Waals surface area contributed by atoms with E-state index in [1.165, 1.54) is 0 Å². The molecule has 0 heterocycles. The van der Waals surface area contributed by atoms with Crippen molar-refractivity contribution >= 4 is 0 Å². The first kappa shape index (κ1) is 7.88. The summed E-state index contributed by atoms with van der Waals surface area (Å²) in [7, 11) is 0. The highest BCUT2D eigenvalue weighted by Gasteiger charge is 2.11. The summed E-state index contributed by atoms with van der Waals surface area (Å²) in [5, 5.41) is 3.02. The van der Waals surface area contributed by atoms with Crippen LogP contribution in [0.5, 0.6) is 0 Å². The van der Waals surface area contributed by atoms with Crippen LogP contribution in [0.3, 0.4) is 0 Å². The largest absolute Gasteiger partial charge is 0.329 e.